The summed E-state index contributed by atoms with van der Waals surface area (Å²) in [5.41, 5.74) is 1.81. The molecule has 1 aliphatic carbocycles. The number of benzene rings is 2. The van der Waals surface area contributed by atoms with Crippen LogP contribution in [-0.4, -0.2) is 16.9 Å². The van der Waals surface area contributed by atoms with E-state index in [1.807, 2.05) is 29.6 Å². The molecule has 5 nitrogen and oxygen atoms in total. The van der Waals surface area contributed by atoms with Crippen LogP contribution in [0.4, 0.5) is 5.13 Å². The molecule has 1 N–H and O–H groups in total. The molecule has 3 aromatic rings. The Hall–Kier alpha value is -2.73. The number of fused-ring (bicyclic) bond motifs is 1. The van der Waals surface area contributed by atoms with Gasteiger partial charge in [0.05, 0.1) is 5.69 Å². The molecule has 138 valence electrons. The summed E-state index contributed by atoms with van der Waals surface area (Å²) < 4.78 is 0. The van der Waals surface area contributed by atoms with Crippen molar-refractivity contribution in [1.82, 2.24) is 4.98 Å². The number of nitrogens with zero attached hydrogens (tertiary/aromatic N) is 1. The van der Waals surface area contributed by atoms with Crippen LogP contribution >= 0.6 is 11.3 Å². The standard InChI is InChI=1S/C21H20N2O3S/c24-19(16-9-3-4-10-17(16)20(25)26)23-21-22-18(12-27-21)15-11-5-7-13-6-1-2-8-14(13)15/h1-2,5-8,11-12,16-17H,3-4,9-10H2,(H,25,26)(H,22,23,24)/p-1/t16-,17-/m0/s1. The van der Waals surface area contributed by atoms with Gasteiger partial charge < -0.3 is 15.2 Å². The molecule has 1 aliphatic rings. The Balaban J connectivity index is 1.56. The second-order valence-electron chi connectivity index (χ2n) is 6.87. The highest BCUT2D eigenvalue weighted by atomic mass is 32.1. The third kappa shape index (κ3) is 3.57. The second-order valence-corrected chi connectivity index (χ2v) is 7.73. The van der Waals surface area contributed by atoms with Gasteiger partial charge in [0.15, 0.2) is 5.13 Å². The number of aromatic nitrogens is 1. The quantitative estimate of drug-likeness (QED) is 0.753. The van der Waals surface area contributed by atoms with Crippen LogP contribution in [-0.2, 0) is 9.59 Å². The molecular weight excluding hydrogens is 360 g/mol. The molecule has 0 aliphatic heterocycles. The van der Waals surface area contributed by atoms with Crippen LogP contribution in [0.25, 0.3) is 22.0 Å². The molecule has 1 saturated carbocycles. The maximum atomic E-state index is 12.6. The molecule has 1 amide bonds. The fourth-order valence-corrected chi connectivity index (χ4v) is 4.54. The second kappa shape index (κ2) is 7.48. The van der Waals surface area contributed by atoms with Crippen molar-refractivity contribution in [1.29, 1.82) is 0 Å². The van der Waals surface area contributed by atoms with Crippen molar-refractivity contribution in [3.8, 4) is 11.3 Å². The van der Waals surface area contributed by atoms with E-state index in [1.54, 1.807) is 0 Å². The van der Waals surface area contributed by atoms with E-state index in [0.29, 0.717) is 18.0 Å². The van der Waals surface area contributed by atoms with Crippen LogP contribution in [0.5, 0.6) is 0 Å². The van der Waals surface area contributed by atoms with E-state index in [9.17, 15) is 14.7 Å². The Bertz CT molecular complexity index is 993. The van der Waals surface area contributed by atoms with E-state index < -0.39 is 17.8 Å². The van der Waals surface area contributed by atoms with Crippen LogP contribution in [0.15, 0.2) is 47.8 Å². The van der Waals surface area contributed by atoms with Crippen molar-refractivity contribution in [2.24, 2.45) is 11.8 Å². The number of amides is 1. The summed E-state index contributed by atoms with van der Waals surface area (Å²) in [6.45, 7) is 0. The lowest BCUT2D eigenvalue weighted by atomic mass is 9.79. The van der Waals surface area contributed by atoms with E-state index in [4.69, 9.17) is 0 Å². The average molecular weight is 379 g/mol. The van der Waals surface area contributed by atoms with Gasteiger partial charge in [0.25, 0.3) is 0 Å². The topological polar surface area (TPSA) is 82.1 Å². The molecule has 2 aromatic carbocycles. The number of nitrogens with one attached hydrogen (secondary N) is 1. The maximum Gasteiger partial charge on any atom is 0.229 e. The van der Waals surface area contributed by atoms with Crippen LogP contribution < -0.4 is 10.4 Å². The summed E-state index contributed by atoms with van der Waals surface area (Å²) in [5.74, 6) is -2.67. The monoisotopic (exact) mass is 379 g/mol. The first-order valence-corrected chi connectivity index (χ1v) is 9.97. The number of thiazole rings is 1. The molecule has 2 atom stereocenters. The minimum Gasteiger partial charge on any atom is -0.550 e. The molecule has 0 spiro atoms. The Morgan fingerprint density at radius 2 is 1.78 bits per heavy atom. The number of anilines is 1. The SMILES string of the molecule is O=C([O-])[C@H]1CCCC[C@@H]1C(=O)Nc1nc(-c2cccc3ccccc23)cs1. The normalized spacial score (nSPS) is 19.7. The van der Waals surface area contributed by atoms with E-state index >= 15 is 0 Å². The highest BCUT2D eigenvalue weighted by Crippen LogP contribution is 2.33. The zero-order valence-corrected chi connectivity index (χ0v) is 15.5. The van der Waals surface area contributed by atoms with Crippen molar-refractivity contribution in [3.63, 3.8) is 0 Å². The van der Waals surface area contributed by atoms with Crippen LogP contribution in [0.2, 0.25) is 0 Å². The first-order chi connectivity index (χ1) is 13.1. The van der Waals surface area contributed by atoms with Crippen LogP contribution in [0.3, 0.4) is 0 Å². The van der Waals surface area contributed by atoms with Gasteiger partial charge in [-0.1, -0.05) is 55.3 Å². The first-order valence-electron chi connectivity index (χ1n) is 9.09. The number of hydrogen-bond acceptors (Lipinski definition) is 5. The zero-order chi connectivity index (χ0) is 18.8. The predicted molar refractivity (Wildman–Crippen MR) is 104 cm³/mol. The van der Waals surface area contributed by atoms with Gasteiger partial charge in [-0.15, -0.1) is 11.3 Å². The third-order valence-electron chi connectivity index (χ3n) is 5.21. The Kier molecular flexibility index (Phi) is 4.90. The first kappa shape index (κ1) is 17.7. The Morgan fingerprint density at radius 3 is 2.59 bits per heavy atom. The van der Waals surface area contributed by atoms with Gasteiger partial charge in [0.2, 0.25) is 5.91 Å². The molecule has 1 aromatic heterocycles. The van der Waals surface area contributed by atoms with E-state index in [1.165, 1.54) is 11.3 Å². The number of carboxylic acid groups (broad SMARTS) is 1. The van der Waals surface area contributed by atoms with E-state index in [0.717, 1.165) is 34.9 Å². The molecule has 0 radical (unpaired) electrons. The largest absolute Gasteiger partial charge is 0.550 e. The highest BCUT2D eigenvalue weighted by Gasteiger charge is 2.32. The average Bonchev–Trinajstić information content (AvgIpc) is 3.15. The summed E-state index contributed by atoms with van der Waals surface area (Å²) in [4.78, 5) is 28.5. The fraction of sp³-hybridized carbons (Fsp3) is 0.286. The summed E-state index contributed by atoms with van der Waals surface area (Å²) in [5, 5.41) is 18.8. The lowest BCUT2D eigenvalue weighted by Gasteiger charge is -2.30. The maximum absolute atomic E-state index is 12.6. The van der Waals surface area contributed by atoms with Crippen LogP contribution in [0.1, 0.15) is 25.7 Å². The van der Waals surface area contributed by atoms with Crippen molar-refractivity contribution in [2.45, 2.75) is 25.7 Å². The predicted octanol–water partition coefficient (Wildman–Crippen LogP) is 3.46. The lowest BCUT2D eigenvalue weighted by molar-refractivity contribution is -0.313. The van der Waals surface area contributed by atoms with Gasteiger partial charge in [-0.2, -0.15) is 0 Å². The fourth-order valence-electron chi connectivity index (χ4n) is 3.83. The van der Waals surface area contributed by atoms with Crippen LogP contribution in [0, 0.1) is 11.8 Å². The minimum absolute atomic E-state index is 0.275. The van der Waals surface area contributed by atoms with E-state index in [-0.39, 0.29) is 5.91 Å². The molecule has 0 saturated heterocycles. The number of carbonyl (C=O) groups is 2. The van der Waals surface area contributed by atoms with Crippen molar-refractivity contribution >= 4 is 39.1 Å². The molecule has 4 rings (SSSR count). The highest BCUT2D eigenvalue weighted by molar-refractivity contribution is 7.14. The Morgan fingerprint density at radius 1 is 1.04 bits per heavy atom. The smallest absolute Gasteiger partial charge is 0.229 e. The summed E-state index contributed by atoms with van der Waals surface area (Å²) in [6, 6.07) is 14.1. The van der Waals surface area contributed by atoms with Gasteiger partial charge in [-0.3, -0.25) is 4.79 Å². The minimum atomic E-state index is -1.13. The van der Waals surface area contributed by atoms with Gasteiger partial charge in [-0.05, 0) is 23.6 Å². The summed E-state index contributed by atoms with van der Waals surface area (Å²) >= 11 is 1.35. The summed E-state index contributed by atoms with van der Waals surface area (Å²) in [6.07, 6.45) is 2.76. The molecule has 27 heavy (non-hydrogen) atoms. The molecule has 1 fully saturated rings. The molecule has 0 bridgehead atoms. The third-order valence-corrected chi connectivity index (χ3v) is 5.96. The van der Waals surface area contributed by atoms with Gasteiger partial charge in [0.1, 0.15) is 0 Å². The van der Waals surface area contributed by atoms with Crippen molar-refractivity contribution in [2.75, 3.05) is 5.32 Å². The van der Waals surface area contributed by atoms with Crippen molar-refractivity contribution < 1.29 is 14.7 Å². The summed E-state index contributed by atoms with van der Waals surface area (Å²) in [7, 11) is 0. The lowest BCUT2D eigenvalue weighted by Crippen LogP contribution is -2.42. The number of hydrogen-bond donors (Lipinski definition) is 1. The number of carbonyl (C=O) groups excluding carboxylic acids is 2. The molecule has 1 heterocycles. The number of carboxylic acids is 1. The van der Waals surface area contributed by atoms with Crippen molar-refractivity contribution in [3.05, 3.63) is 47.8 Å². The molecular formula is C21H19N2O3S-. The zero-order valence-electron chi connectivity index (χ0n) is 14.7. The molecule has 6 heteroatoms. The number of rotatable bonds is 4. The number of aliphatic carboxylic acids is 1. The Labute approximate surface area is 161 Å². The van der Waals surface area contributed by atoms with Gasteiger partial charge in [-0.25, -0.2) is 4.98 Å². The van der Waals surface area contributed by atoms with Gasteiger partial charge in [0, 0.05) is 28.7 Å². The van der Waals surface area contributed by atoms with E-state index in [2.05, 4.69) is 28.5 Å². The van der Waals surface area contributed by atoms with Gasteiger partial charge >= 0.3 is 0 Å². The molecule has 0 unspecified atom stereocenters.